The summed E-state index contributed by atoms with van der Waals surface area (Å²) < 4.78 is 0. The van der Waals surface area contributed by atoms with E-state index < -0.39 is 4.92 Å². The molecule has 30 heavy (non-hydrogen) atoms. The van der Waals surface area contributed by atoms with Gasteiger partial charge in [-0.2, -0.15) is 0 Å². The van der Waals surface area contributed by atoms with Crippen LogP contribution in [-0.4, -0.2) is 47.8 Å². The molecule has 3 aromatic rings. The van der Waals surface area contributed by atoms with Gasteiger partial charge in [-0.25, -0.2) is 4.98 Å². The Labute approximate surface area is 175 Å². The average molecular weight is 404 g/mol. The highest BCUT2D eigenvalue weighted by Gasteiger charge is 2.25. The van der Waals surface area contributed by atoms with Gasteiger partial charge in [0.2, 0.25) is 5.82 Å². The minimum Gasteiger partial charge on any atom is -0.320 e. The zero-order valence-electron chi connectivity index (χ0n) is 17.1. The van der Waals surface area contributed by atoms with Crippen molar-refractivity contribution in [2.45, 2.75) is 6.42 Å². The molecule has 0 fully saturated rings. The number of benzene rings is 2. The number of nitrogens with zero attached hydrogens (tertiary/aromatic N) is 4. The maximum Gasteiger partial charge on any atom is 0.311 e. The summed E-state index contributed by atoms with van der Waals surface area (Å²) in [5.74, 6) is 0.0944. The van der Waals surface area contributed by atoms with Crippen molar-refractivity contribution in [1.29, 1.82) is 0 Å². The highest BCUT2D eigenvalue weighted by molar-refractivity contribution is 6.12. The number of para-hydroxylation sites is 1. The molecular formula is C23H24N4O3. The van der Waals surface area contributed by atoms with Gasteiger partial charge >= 0.3 is 5.69 Å². The molecule has 0 aliphatic carbocycles. The molecule has 7 nitrogen and oxygen atoms in total. The van der Waals surface area contributed by atoms with E-state index in [0.717, 1.165) is 13.0 Å². The molecule has 0 N–H and O–H groups in total. The highest BCUT2D eigenvalue weighted by Crippen LogP contribution is 2.34. The summed E-state index contributed by atoms with van der Waals surface area (Å²) in [6, 6.07) is 19.2. The Bertz CT molecular complexity index is 1020. The molecule has 7 heteroatoms. The monoisotopic (exact) mass is 404 g/mol. The summed E-state index contributed by atoms with van der Waals surface area (Å²) in [7, 11) is 3.95. The van der Waals surface area contributed by atoms with Crippen LogP contribution in [0, 0.1) is 10.1 Å². The molecule has 2 aromatic carbocycles. The van der Waals surface area contributed by atoms with Gasteiger partial charge in [-0.3, -0.25) is 14.9 Å². The second kappa shape index (κ2) is 9.76. The van der Waals surface area contributed by atoms with Gasteiger partial charge in [-0.15, -0.1) is 0 Å². The minimum atomic E-state index is -0.442. The van der Waals surface area contributed by atoms with Gasteiger partial charge in [0.05, 0.1) is 10.6 Å². The highest BCUT2D eigenvalue weighted by atomic mass is 16.6. The standard InChI is InChI=1S/C23H24N4O3/c1-25(2)16-9-17-26(23-21(27(29)30)14-8-15-24-23)20-13-7-6-12-19(20)22(28)18-10-4-3-5-11-18/h3-8,10-15H,9,16-17H2,1-2H3. The molecular weight excluding hydrogens is 380 g/mol. The van der Waals surface area contributed by atoms with Gasteiger partial charge in [0.15, 0.2) is 5.78 Å². The summed E-state index contributed by atoms with van der Waals surface area (Å²) in [6.07, 6.45) is 2.28. The number of anilines is 2. The van der Waals surface area contributed by atoms with E-state index in [-0.39, 0.29) is 17.3 Å². The number of ketones is 1. The molecule has 0 aliphatic heterocycles. The number of hydrogen-bond acceptors (Lipinski definition) is 6. The smallest absolute Gasteiger partial charge is 0.311 e. The Morgan fingerprint density at radius 2 is 1.67 bits per heavy atom. The predicted octanol–water partition coefficient (Wildman–Crippen LogP) is 4.31. The van der Waals surface area contributed by atoms with Crippen molar-refractivity contribution in [2.24, 2.45) is 0 Å². The van der Waals surface area contributed by atoms with E-state index in [0.29, 0.717) is 23.4 Å². The van der Waals surface area contributed by atoms with Crippen LogP contribution >= 0.6 is 0 Å². The van der Waals surface area contributed by atoms with Crippen molar-refractivity contribution >= 4 is 23.0 Å². The molecule has 0 aliphatic rings. The van der Waals surface area contributed by atoms with Crippen LogP contribution in [0.15, 0.2) is 72.9 Å². The molecule has 0 spiro atoms. The molecule has 0 bridgehead atoms. The number of carbonyl (C=O) groups is 1. The van der Waals surface area contributed by atoms with Crippen LogP contribution in [0.25, 0.3) is 0 Å². The third kappa shape index (κ3) is 4.87. The van der Waals surface area contributed by atoms with Crippen LogP contribution in [0.2, 0.25) is 0 Å². The van der Waals surface area contributed by atoms with Gasteiger partial charge in [0.1, 0.15) is 0 Å². The van der Waals surface area contributed by atoms with Crippen molar-refractivity contribution in [3.05, 3.63) is 94.2 Å². The molecule has 0 atom stereocenters. The predicted molar refractivity (Wildman–Crippen MR) is 117 cm³/mol. The van der Waals surface area contributed by atoms with E-state index >= 15 is 0 Å². The van der Waals surface area contributed by atoms with Crippen LogP contribution in [0.3, 0.4) is 0 Å². The molecule has 154 valence electrons. The van der Waals surface area contributed by atoms with Gasteiger partial charge in [-0.05, 0) is 45.3 Å². The summed E-state index contributed by atoms with van der Waals surface area (Å²) in [5.41, 5.74) is 1.55. The van der Waals surface area contributed by atoms with Crippen molar-refractivity contribution < 1.29 is 9.72 Å². The zero-order chi connectivity index (χ0) is 21.5. The second-order valence-corrected chi connectivity index (χ2v) is 7.12. The summed E-state index contributed by atoms with van der Waals surface area (Å²) in [5, 5.41) is 11.6. The van der Waals surface area contributed by atoms with Gasteiger partial charge in [0.25, 0.3) is 0 Å². The molecule has 1 aromatic heterocycles. The van der Waals surface area contributed by atoms with Crippen molar-refractivity contribution in [2.75, 3.05) is 32.1 Å². The fraction of sp³-hybridized carbons (Fsp3) is 0.217. The first-order valence-electron chi connectivity index (χ1n) is 9.69. The topological polar surface area (TPSA) is 79.6 Å². The Morgan fingerprint density at radius 1 is 0.967 bits per heavy atom. The first-order chi connectivity index (χ1) is 14.5. The van der Waals surface area contributed by atoms with Crippen LogP contribution in [0.5, 0.6) is 0 Å². The van der Waals surface area contributed by atoms with Gasteiger partial charge in [-0.1, -0.05) is 42.5 Å². The number of rotatable bonds is 9. The summed E-state index contributed by atoms with van der Waals surface area (Å²) in [4.78, 5) is 32.5. The lowest BCUT2D eigenvalue weighted by molar-refractivity contribution is -0.384. The second-order valence-electron chi connectivity index (χ2n) is 7.12. The molecule has 3 rings (SSSR count). The Morgan fingerprint density at radius 3 is 2.37 bits per heavy atom. The molecule has 0 amide bonds. The lowest BCUT2D eigenvalue weighted by Gasteiger charge is -2.26. The zero-order valence-corrected chi connectivity index (χ0v) is 17.1. The third-order valence-corrected chi connectivity index (χ3v) is 4.68. The van der Waals surface area contributed by atoms with E-state index in [9.17, 15) is 14.9 Å². The van der Waals surface area contributed by atoms with Crippen LogP contribution in [-0.2, 0) is 0 Å². The third-order valence-electron chi connectivity index (χ3n) is 4.68. The fourth-order valence-electron chi connectivity index (χ4n) is 3.27. The number of pyridine rings is 1. The van der Waals surface area contributed by atoms with Gasteiger partial charge < -0.3 is 9.80 Å². The molecule has 1 heterocycles. The first kappa shape index (κ1) is 21.1. The Kier molecular flexibility index (Phi) is 6.87. The lowest BCUT2D eigenvalue weighted by Crippen LogP contribution is -2.26. The first-order valence-corrected chi connectivity index (χ1v) is 9.69. The SMILES string of the molecule is CN(C)CCCN(c1ccccc1C(=O)c1ccccc1)c1ncccc1[N+](=O)[O-]. The van der Waals surface area contributed by atoms with Crippen LogP contribution in [0.4, 0.5) is 17.2 Å². The maximum absolute atomic E-state index is 13.2. The maximum atomic E-state index is 13.2. The summed E-state index contributed by atoms with van der Waals surface area (Å²) >= 11 is 0. The van der Waals surface area contributed by atoms with E-state index in [1.54, 1.807) is 35.2 Å². The van der Waals surface area contributed by atoms with E-state index in [1.807, 2.05) is 49.3 Å². The Hall–Kier alpha value is -3.58. The quantitative estimate of drug-likeness (QED) is 0.300. The lowest BCUT2D eigenvalue weighted by atomic mass is 10.0. The van der Waals surface area contributed by atoms with Gasteiger partial charge in [0, 0.05) is 29.9 Å². The van der Waals surface area contributed by atoms with E-state index in [4.69, 9.17) is 0 Å². The number of hydrogen-bond donors (Lipinski definition) is 0. The number of carbonyl (C=O) groups excluding carboxylic acids is 1. The Balaban J connectivity index is 2.09. The molecule has 0 radical (unpaired) electrons. The van der Waals surface area contributed by atoms with Crippen molar-refractivity contribution in [1.82, 2.24) is 9.88 Å². The minimum absolute atomic E-state index is 0.0932. The fourth-order valence-corrected chi connectivity index (χ4v) is 3.27. The average Bonchev–Trinajstić information content (AvgIpc) is 2.77. The summed E-state index contributed by atoms with van der Waals surface area (Å²) in [6.45, 7) is 1.28. The van der Waals surface area contributed by atoms with Crippen LogP contribution in [0.1, 0.15) is 22.3 Å². The number of nitro groups is 1. The van der Waals surface area contributed by atoms with Crippen molar-refractivity contribution in [3.8, 4) is 0 Å². The molecule has 0 unspecified atom stereocenters. The largest absolute Gasteiger partial charge is 0.320 e. The molecule has 0 saturated carbocycles. The number of aromatic nitrogens is 1. The normalized spacial score (nSPS) is 10.8. The van der Waals surface area contributed by atoms with Crippen molar-refractivity contribution in [3.63, 3.8) is 0 Å². The van der Waals surface area contributed by atoms with Crippen LogP contribution < -0.4 is 4.90 Å². The van der Waals surface area contributed by atoms with E-state index in [2.05, 4.69) is 4.98 Å². The van der Waals surface area contributed by atoms with E-state index in [1.165, 1.54) is 12.3 Å². The molecule has 0 saturated heterocycles.